The van der Waals surface area contributed by atoms with Crippen LogP contribution in [0.2, 0.25) is 0 Å². The largest absolute Gasteiger partial charge is 0.360 e. The summed E-state index contributed by atoms with van der Waals surface area (Å²) in [5.41, 5.74) is 1.55. The van der Waals surface area contributed by atoms with Crippen LogP contribution in [0.1, 0.15) is 51.0 Å². The highest BCUT2D eigenvalue weighted by Gasteiger charge is 2.32. The molecule has 1 saturated carbocycles. The lowest BCUT2D eigenvalue weighted by Gasteiger charge is -2.26. The van der Waals surface area contributed by atoms with Gasteiger partial charge in [-0.3, -0.25) is 4.72 Å². The van der Waals surface area contributed by atoms with Gasteiger partial charge in [-0.15, -0.1) is 0 Å². The van der Waals surface area contributed by atoms with Crippen LogP contribution in [0.25, 0.3) is 0 Å². The molecule has 4 rings (SSSR count). The van der Waals surface area contributed by atoms with E-state index in [9.17, 15) is 16.8 Å². The number of sulfonamides is 2. The lowest BCUT2D eigenvalue weighted by molar-refractivity contribution is 0.305. The van der Waals surface area contributed by atoms with Crippen LogP contribution in [0, 0.1) is 5.92 Å². The fourth-order valence-corrected chi connectivity index (χ4v) is 7.29. The van der Waals surface area contributed by atoms with E-state index in [4.69, 9.17) is 5.14 Å². The number of nitrogens with zero attached hydrogens (tertiary/aromatic N) is 2. The zero-order valence-electron chi connectivity index (χ0n) is 21.4. The standard InChI is InChI=1S/C26H37N5O4S2/c1-20(16-21-10-4-3-5-11-21)28-17-22-12-6-7-13-23(22)29-37(34,35)25-15-9-8-14-24(25)31-19-30(2)18-26(31)36(27,32)33/h6-9,12-15,18,20-21,28-29H,3-5,10-11,16-17,19H2,1-2H3,(H2,27,32,33)/t20-/m0/s1. The molecule has 0 spiro atoms. The lowest BCUT2D eigenvalue weighted by atomic mass is 9.85. The minimum absolute atomic E-state index is 0.0340. The summed E-state index contributed by atoms with van der Waals surface area (Å²) in [6.45, 7) is 2.86. The Balaban J connectivity index is 1.53. The van der Waals surface area contributed by atoms with E-state index in [0.717, 1.165) is 17.9 Å². The quantitative estimate of drug-likeness (QED) is 0.414. The molecule has 0 unspecified atom stereocenters. The van der Waals surface area contributed by atoms with Crippen LogP contribution in [0.4, 0.5) is 11.4 Å². The number of nitrogens with two attached hydrogens (primary N) is 1. The van der Waals surface area contributed by atoms with Gasteiger partial charge in [0, 0.05) is 25.8 Å². The molecule has 202 valence electrons. The van der Waals surface area contributed by atoms with Crippen molar-refractivity contribution in [1.29, 1.82) is 0 Å². The second kappa shape index (κ2) is 11.4. The number of nitrogens with one attached hydrogen (secondary N) is 2. The van der Waals surface area contributed by atoms with Gasteiger partial charge in [0.2, 0.25) is 0 Å². The van der Waals surface area contributed by atoms with E-state index in [-0.39, 0.29) is 22.3 Å². The minimum Gasteiger partial charge on any atom is -0.360 e. The fraction of sp³-hybridized carbons (Fsp3) is 0.462. The maximum Gasteiger partial charge on any atom is 0.263 e. The zero-order chi connectivity index (χ0) is 26.6. The second-order valence-electron chi connectivity index (χ2n) is 10.1. The molecule has 1 aliphatic carbocycles. The van der Waals surface area contributed by atoms with Crippen molar-refractivity contribution in [3.05, 3.63) is 65.3 Å². The molecular formula is C26H37N5O4S2. The van der Waals surface area contributed by atoms with E-state index in [0.29, 0.717) is 18.3 Å². The number of hydrogen-bond acceptors (Lipinski definition) is 7. The van der Waals surface area contributed by atoms with Crippen LogP contribution >= 0.6 is 0 Å². The van der Waals surface area contributed by atoms with Crippen LogP contribution in [-0.2, 0) is 26.6 Å². The number of hydrogen-bond donors (Lipinski definition) is 3. The van der Waals surface area contributed by atoms with E-state index in [1.165, 1.54) is 49.3 Å². The molecule has 0 saturated heterocycles. The summed E-state index contributed by atoms with van der Waals surface area (Å²) in [4.78, 5) is 2.99. The van der Waals surface area contributed by atoms with Crippen molar-refractivity contribution < 1.29 is 16.8 Å². The summed E-state index contributed by atoms with van der Waals surface area (Å²) >= 11 is 0. The smallest absolute Gasteiger partial charge is 0.263 e. The number of benzene rings is 2. The molecule has 1 atom stereocenters. The van der Waals surface area contributed by atoms with Crippen molar-refractivity contribution in [3.8, 4) is 0 Å². The Morgan fingerprint density at radius 1 is 1.00 bits per heavy atom. The predicted molar refractivity (Wildman–Crippen MR) is 147 cm³/mol. The van der Waals surface area contributed by atoms with E-state index < -0.39 is 20.0 Å². The molecule has 0 aromatic heterocycles. The number of rotatable bonds is 10. The molecule has 2 aromatic carbocycles. The van der Waals surface area contributed by atoms with Gasteiger partial charge in [0.25, 0.3) is 20.0 Å². The third-order valence-corrected chi connectivity index (χ3v) is 9.33. The van der Waals surface area contributed by atoms with Crippen LogP contribution < -0.4 is 20.1 Å². The Morgan fingerprint density at radius 2 is 1.68 bits per heavy atom. The van der Waals surface area contributed by atoms with E-state index in [2.05, 4.69) is 17.0 Å². The molecule has 9 nitrogen and oxygen atoms in total. The summed E-state index contributed by atoms with van der Waals surface area (Å²) in [6, 6.07) is 14.0. The van der Waals surface area contributed by atoms with Gasteiger partial charge in [-0.05, 0) is 43.0 Å². The molecule has 2 aliphatic rings. The van der Waals surface area contributed by atoms with Crippen LogP contribution in [-0.4, -0.2) is 41.5 Å². The summed E-state index contributed by atoms with van der Waals surface area (Å²) in [6.07, 6.45) is 9.04. The van der Waals surface area contributed by atoms with Crippen molar-refractivity contribution in [2.24, 2.45) is 11.1 Å². The van der Waals surface area contributed by atoms with Crippen molar-refractivity contribution in [3.63, 3.8) is 0 Å². The zero-order valence-corrected chi connectivity index (χ0v) is 23.1. The van der Waals surface area contributed by atoms with Gasteiger partial charge < -0.3 is 15.1 Å². The number of para-hydroxylation sites is 2. The summed E-state index contributed by atoms with van der Waals surface area (Å²) in [5, 5.41) is 8.81. The highest BCUT2D eigenvalue weighted by molar-refractivity contribution is 7.93. The molecule has 1 fully saturated rings. The molecule has 1 heterocycles. The summed E-state index contributed by atoms with van der Waals surface area (Å²) in [5.74, 6) is 0.752. The average molecular weight is 548 g/mol. The van der Waals surface area contributed by atoms with Gasteiger partial charge in [-0.25, -0.2) is 22.0 Å². The third-order valence-electron chi connectivity index (χ3n) is 7.01. The van der Waals surface area contributed by atoms with Gasteiger partial charge in [0.1, 0.15) is 4.90 Å². The monoisotopic (exact) mass is 547 g/mol. The van der Waals surface area contributed by atoms with Gasteiger partial charge in [-0.1, -0.05) is 62.4 Å². The first-order valence-electron chi connectivity index (χ1n) is 12.7. The van der Waals surface area contributed by atoms with Crippen molar-refractivity contribution in [2.75, 3.05) is 23.3 Å². The first kappa shape index (κ1) is 27.4. The predicted octanol–water partition coefficient (Wildman–Crippen LogP) is 3.73. The van der Waals surface area contributed by atoms with Crippen LogP contribution in [0.15, 0.2) is 64.7 Å². The summed E-state index contributed by atoms with van der Waals surface area (Å²) < 4.78 is 54.3. The average Bonchev–Trinajstić information content (AvgIpc) is 3.26. The number of anilines is 2. The van der Waals surface area contributed by atoms with Crippen molar-refractivity contribution in [2.45, 2.75) is 62.9 Å². The van der Waals surface area contributed by atoms with Crippen molar-refractivity contribution in [1.82, 2.24) is 10.2 Å². The normalized spacial score (nSPS) is 18.1. The van der Waals surface area contributed by atoms with E-state index in [1.54, 1.807) is 42.3 Å². The Labute approximate surface area is 220 Å². The first-order chi connectivity index (χ1) is 17.5. The minimum atomic E-state index is -4.07. The first-order valence-corrected chi connectivity index (χ1v) is 15.7. The van der Waals surface area contributed by atoms with Gasteiger partial charge in [0.15, 0.2) is 5.03 Å². The van der Waals surface area contributed by atoms with E-state index in [1.807, 2.05) is 12.1 Å². The fourth-order valence-electron chi connectivity index (χ4n) is 5.19. The van der Waals surface area contributed by atoms with Gasteiger partial charge in [-0.2, -0.15) is 0 Å². The third kappa shape index (κ3) is 6.84. The van der Waals surface area contributed by atoms with Crippen LogP contribution in [0.5, 0.6) is 0 Å². The molecule has 0 bridgehead atoms. The molecule has 2 aromatic rings. The molecular weight excluding hydrogens is 510 g/mol. The molecule has 1 aliphatic heterocycles. The molecule has 37 heavy (non-hydrogen) atoms. The second-order valence-corrected chi connectivity index (χ2v) is 13.2. The van der Waals surface area contributed by atoms with Gasteiger partial charge in [0.05, 0.1) is 18.0 Å². The SMILES string of the molecule is C[C@@H](CC1CCCCC1)NCc1ccccc1NS(=O)(=O)c1ccccc1N1CN(C)C=C1S(N)(=O)=O. The summed E-state index contributed by atoms with van der Waals surface area (Å²) in [7, 11) is -6.42. The lowest BCUT2D eigenvalue weighted by Crippen LogP contribution is -2.32. The Morgan fingerprint density at radius 3 is 2.41 bits per heavy atom. The molecule has 0 amide bonds. The number of primary sulfonamides is 1. The van der Waals surface area contributed by atoms with Crippen LogP contribution in [0.3, 0.4) is 0 Å². The maximum absolute atomic E-state index is 13.6. The van der Waals surface area contributed by atoms with E-state index >= 15 is 0 Å². The van der Waals surface area contributed by atoms with Gasteiger partial charge >= 0.3 is 0 Å². The molecule has 4 N–H and O–H groups in total. The Kier molecular flexibility index (Phi) is 8.47. The maximum atomic E-state index is 13.6. The molecule has 11 heteroatoms. The topological polar surface area (TPSA) is 125 Å². The Bertz CT molecular complexity index is 1340. The Hall–Kier alpha value is -2.60. The van der Waals surface area contributed by atoms with Crippen molar-refractivity contribution >= 4 is 31.4 Å². The molecule has 0 radical (unpaired) electrons. The highest BCUT2D eigenvalue weighted by Crippen LogP contribution is 2.33. The highest BCUT2D eigenvalue weighted by atomic mass is 32.2.